The number of nitrogens with zero attached hydrogens (tertiary/aromatic N) is 6. The van der Waals surface area contributed by atoms with Crippen LogP contribution in [0.25, 0.3) is 192 Å². The fourth-order valence-corrected chi connectivity index (χ4v) is 19.0. The van der Waals surface area contributed by atoms with Crippen LogP contribution in [0.2, 0.25) is 0 Å². The van der Waals surface area contributed by atoms with Crippen LogP contribution in [0.15, 0.2) is 363 Å². The highest BCUT2D eigenvalue weighted by molar-refractivity contribution is 7.00. The Morgan fingerprint density at radius 3 is 1.24 bits per heavy atom. The summed E-state index contributed by atoms with van der Waals surface area (Å²) in [6.45, 7) is 5.37. The van der Waals surface area contributed by atoms with Gasteiger partial charge in [-0.05, 0) is 163 Å². The number of rotatable bonds is 6. The molecule has 23 aromatic rings. The minimum absolute atomic E-state index is 0.120. The van der Waals surface area contributed by atoms with Crippen LogP contribution in [0.4, 0.5) is 17.1 Å². The Labute approximate surface area is 684 Å². The second-order valence-electron chi connectivity index (χ2n) is 30.4. The number of benzene rings is 17. The molecule has 113 heavy (non-hydrogen) atoms. The van der Waals surface area contributed by atoms with Gasteiger partial charge in [-0.2, -0.15) is 0 Å². The largest absolute Gasteiger partial charge is 0.310 e. The molecule has 25 rings (SSSR count). The molecule has 526 valence electrons. The molecule has 17 aromatic carbocycles. The Balaban J connectivity index is 0.969. The number of hydrogen-bond donors (Lipinski definition) is 0. The van der Waals surface area contributed by atoms with E-state index >= 15 is 0 Å². The highest BCUT2D eigenvalue weighted by Crippen LogP contribution is 2.55. The molecule has 6 nitrogen and oxygen atoms in total. The predicted octanol–water partition coefficient (Wildman–Crippen LogP) is 25.9. The van der Waals surface area contributed by atoms with Crippen LogP contribution in [0, 0.1) is 0 Å². The third-order valence-electron chi connectivity index (χ3n) is 23.7. The highest BCUT2D eigenvalue weighted by atomic mass is 15.2. The van der Waals surface area contributed by atoms with E-state index in [1.54, 1.807) is 24.3 Å². The van der Waals surface area contributed by atoms with Gasteiger partial charge in [0.2, 0.25) is 0 Å². The lowest BCUT2D eigenvalue weighted by Gasteiger charge is -2.43. The second kappa shape index (κ2) is 23.1. The van der Waals surface area contributed by atoms with Gasteiger partial charge < -0.3 is 27.6 Å². The van der Waals surface area contributed by atoms with Gasteiger partial charge in [0.1, 0.15) is 0 Å². The first-order chi connectivity index (χ1) is 65.7. The maximum Gasteiger partial charge on any atom is 0.252 e. The average Bonchev–Trinajstić information content (AvgIpc) is 1.53. The first-order valence-electron chi connectivity index (χ1n) is 49.6. The van der Waals surface area contributed by atoms with E-state index in [9.17, 15) is 30.2 Å². The van der Waals surface area contributed by atoms with Crippen LogP contribution in [0.5, 0.6) is 0 Å². The van der Waals surface area contributed by atoms with Gasteiger partial charge >= 0.3 is 0 Å². The molecule has 0 amide bonds. The third-order valence-corrected chi connectivity index (χ3v) is 23.7. The summed E-state index contributed by atoms with van der Waals surface area (Å²) in [5, 5.41) is 6.68. The lowest BCUT2D eigenvalue weighted by molar-refractivity contribution is 0.591. The quantitative estimate of drug-likeness (QED) is 0.152. The van der Waals surface area contributed by atoms with E-state index < -0.39 is 157 Å². The summed E-state index contributed by atoms with van der Waals surface area (Å²) in [5.74, 6) is 0. The number of anilines is 3. The van der Waals surface area contributed by atoms with Gasteiger partial charge in [0.15, 0.2) is 0 Å². The molecule has 0 bridgehead atoms. The van der Waals surface area contributed by atoms with E-state index in [1.165, 1.54) is 13.7 Å². The fourth-order valence-electron chi connectivity index (χ4n) is 19.0. The first kappa shape index (κ1) is 43.7. The summed E-state index contributed by atoms with van der Waals surface area (Å²) in [4.78, 5) is 2.30. The average molecular weight is 1460 g/mol. The molecule has 0 radical (unpaired) electrons. The molecule has 2 aliphatic rings. The minimum Gasteiger partial charge on any atom is -0.310 e. The Kier molecular flexibility index (Phi) is 8.93. The van der Waals surface area contributed by atoms with Crippen molar-refractivity contribution < 1.29 is 32.9 Å². The van der Waals surface area contributed by atoms with Gasteiger partial charge in [-0.1, -0.05) is 281 Å². The van der Waals surface area contributed by atoms with E-state index in [0.717, 1.165) is 76.6 Å². The molecule has 0 atom stereocenters. The lowest BCUT2D eigenvalue weighted by Crippen LogP contribution is -2.60. The van der Waals surface area contributed by atoms with Gasteiger partial charge in [-0.25, -0.2) is 0 Å². The van der Waals surface area contributed by atoms with E-state index in [0.29, 0.717) is 71.8 Å². The van der Waals surface area contributed by atoms with Crippen molar-refractivity contribution in [2.45, 2.75) is 26.2 Å². The van der Waals surface area contributed by atoms with E-state index in [4.69, 9.17) is 2.74 Å². The molecule has 7 heteroatoms. The van der Waals surface area contributed by atoms with Crippen molar-refractivity contribution in [3.63, 3.8) is 0 Å². The summed E-state index contributed by atoms with van der Waals surface area (Å²) < 4.78 is 240. The van der Waals surface area contributed by atoms with Gasteiger partial charge in [-0.15, -0.1) is 0 Å². The number of para-hydroxylation sites is 8. The lowest BCUT2D eigenvalue weighted by atomic mass is 9.33. The number of hydrogen-bond acceptors (Lipinski definition) is 1. The molecular formula is C106H69BN6. The van der Waals surface area contributed by atoms with Crippen LogP contribution in [0.1, 0.15) is 59.2 Å². The molecule has 0 fully saturated rings. The summed E-state index contributed by atoms with van der Waals surface area (Å²) in [6, 6.07) is 58.3. The molecule has 0 saturated heterocycles. The maximum atomic E-state index is 10.2. The van der Waals surface area contributed by atoms with Crippen molar-refractivity contribution in [1.29, 1.82) is 0 Å². The molecule has 0 spiro atoms. The molecule has 0 unspecified atom stereocenters. The first-order valence-corrected chi connectivity index (χ1v) is 37.6. The van der Waals surface area contributed by atoms with Crippen molar-refractivity contribution in [2.24, 2.45) is 0 Å². The third kappa shape index (κ3) is 8.57. The van der Waals surface area contributed by atoms with Crippen LogP contribution in [-0.2, 0) is 5.41 Å². The SMILES string of the molecule is [2H]c1c([2H])c([2H])c2c(c1[2H])c1c([2H])c([2H])c([2H])c([2H])c1n2-c1ccc2c(c1)N(c1c(-c3ccccc3)cc(C(C)(C)C)cc1-c1ccccc1)c1c3c(cc4c1c1cccc5c6ccccc6c6ccccc6c6ccccc6n4c51)-n1c4ccc(-n5c6c([2H])c([2H])c([2H])c([2H])c6c6c([2H])c([2H])c([2H])c([2H])c65)cc4c4cc(-n5c6c([2H])c([2H])c([2H])c([2H])c6c6c([2H])c([2H])c([2H])c([2H])c65)cc(c41)B23. The van der Waals surface area contributed by atoms with Crippen LogP contribution >= 0.6 is 0 Å². The maximum absolute atomic E-state index is 10.2. The second-order valence-corrected chi connectivity index (χ2v) is 30.4. The minimum atomic E-state index is -1.11. The van der Waals surface area contributed by atoms with E-state index in [1.807, 2.05) is 97.1 Å². The molecule has 6 aromatic heterocycles. The summed E-state index contributed by atoms with van der Waals surface area (Å²) in [6.07, 6.45) is 0. The zero-order chi connectivity index (χ0) is 95.1. The highest BCUT2D eigenvalue weighted by Gasteiger charge is 2.46. The smallest absolute Gasteiger partial charge is 0.252 e. The monoisotopic (exact) mass is 1460 g/mol. The van der Waals surface area contributed by atoms with Gasteiger partial charge in [0, 0.05) is 110 Å². The standard InChI is InChI=1S/C106H69BN6/c1-106(2,3)66-57-83(64-29-6-4-7-30-64)103(84(58-66)65-31-8-5-9-32-65)113-97-62-68(109-91-48-23-17-40-77(91)78-41-18-24-49-92(78)109)53-55-87(97)107-88-61-69(110-93-50-25-19-42-79(93)80-43-20-26-51-94(80)110)60-86-85-59-67(108-89-46-21-15-38-75(89)76-39-16-22-47-90(76)108)54-56-96(85)112(104(86)88)99-63-98-100(105(113)101(99)107)82-45-28-44-81-73-36-13-11-34-71(73)70-33-10-12-35-72(70)74-37-14-27-52-95(74)111(98)102(81)82/h4-63H,1-3H3/i15D,16D,17D,18D,19D,20D,21D,22D,23D,24D,25D,26D,38D,39D,40D,41D,42D,43D,46D,47D,48D,49D,50D,51D. The van der Waals surface area contributed by atoms with E-state index in [-0.39, 0.29) is 82.5 Å². The predicted molar refractivity (Wildman–Crippen MR) is 480 cm³/mol. The van der Waals surface area contributed by atoms with Crippen molar-refractivity contribution in [1.82, 2.24) is 22.7 Å². The van der Waals surface area contributed by atoms with Crippen molar-refractivity contribution in [2.75, 3.05) is 4.90 Å². The zero-order valence-electron chi connectivity index (χ0n) is 84.5. The van der Waals surface area contributed by atoms with Crippen LogP contribution < -0.4 is 21.3 Å². The summed E-state index contributed by atoms with van der Waals surface area (Å²) in [5.41, 5.74) is 10.1. The van der Waals surface area contributed by atoms with Crippen molar-refractivity contribution >= 4 is 187 Å². The van der Waals surface area contributed by atoms with Gasteiger partial charge in [0.25, 0.3) is 6.71 Å². The van der Waals surface area contributed by atoms with Gasteiger partial charge in [0.05, 0.1) is 99.4 Å². The van der Waals surface area contributed by atoms with Crippen LogP contribution in [0.3, 0.4) is 0 Å². The molecule has 0 aliphatic carbocycles. The number of aromatic nitrogens is 5. The molecule has 8 heterocycles. The Bertz CT molecular complexity index is 9440. The molecule has 0 N–H and O–H groups in total. The van der Waals surface area contributed by atoms with Crippen molar-refractivity contribution in [3.05, 3.63) is 369 Å². The summed E-state index contributed by atoms with van der Waals surface area (Å²) in [7, 11) is 0. The van der Waals surface area contributed by atoms with Crippen LogP contribution in [-0.4, -0.2) is 29.4 Å². The molecular weight excluding hydrogens is 1370 g/mol. The molecule has 0 saturated carbocycles. The van der Waals surface area contributed by atoms with Crippen molar-refractivity contribution in [3.8, 4) is 45.0 Å². The normalized spacial score (nSPS) is 15.8. The Hall–Kier alpha value is -14.4. The Morgan fingerprint density at radius 2 is 0.708 bits per heavy atom. The Morgan fingerprint density at radius 1 is 0.274 bits per heavy atom. The van der Waals surface area contributed by atoms with E-state index in [2.05, 4.69) is 132 Å². The number of fused-ring (bicyclic) bond motifs is 27. The topological polar surface area (TPSA) is 27.4 Å². The summed E-state index contributed by atoms with van der Waals surface area (Å²) >= 11 is 0. The molecule has 2 aliphatic heterocycles. The zero-order valence-corrected chi connectivity index (χ0v) is 60.5. The van der Waals surface area contributed by atoms with Gasteiger partial charge in [-0.3, -0.25) is 0 Å². The fraction of sp³-hybridized carbons (Fsp3) is 0.0377.